The molecule has 0 amide bonds. The zero-order valence-electron chi connectivity index (χ0n) is 10.9. The summed E-state index contributed by atoms with van der Waals surface area (Å²) in [5.74, 6) is 0. The fourth-order valence-corrected chi connectivity index (χ4v) is 7.67. The van der Waals surface area contributed by atoms with Crippen LogP contribution in [0, 0.1) is 0 Å². The zero-order chi connectivity index (χ0) is 11.8. The SMILES string of the molecule is CCCCP(Cl)(Cl)(CCCC)CCCC.[Mn]. The van der Waals surface area contributed by atoms with Crippen LogP contribution in [0.1, 0.15) is 59.3 Å². The summed E-state index contributed by atoms with van der Waals surface area (Å²) in [7, 11) is 0. The molecule has 0 saturated carbocycles. The van der Waals surface area contributed by atoms with Gasteiger partial charge in [-0.25, -0.2) is 0 Å². The quantitative estimate of drug-likeness (QED) is 0.347. The van der Waals surface area contributed by atoms with Crippen molar-refractivity contribution in [1.82, 2.24) is 0 Å². The number of hydrogen-bond acceptors (Lipinski definition) is 0. The van der Waals surface area contributed by atoms with Crippen molar-refractivity contribution in [3.05, 3.63) is 0 Å². The molecule has 0 atom stereocenters. The first kappa shape index (κ1) is 19.9. The van der Waals surface area contributed by atoms with Crippen molar-refractivity contribution < 1.29 is 17.1 Å². The molecule has 0 unspecified atom stereocenters. The molecule has 0 heterocycles. The Morgan fingerprint density at radius 2 is 0.938 bits per heavy atom. The third kappa shape index (κ3) is 8.60. The number of halogens is 2. The molecule has 0 saturated heterocycles. The molecular weight excluding hydrogens is 301 g/mol. The Morgan fingerprint density at radius 1 is 0.688 bits per heavy atom. The smallest absolute Gasteiger partial charge is 0 e. The van der Waals surface area contributed by atoms with Crippen LogP contribution < -0.4 is 0 Å². The minimum Gasteiger partial charge on any atom is 0 e. The van der Waals surface area contributed by atoms with Gasteiger partial charge in [-0.3, -0.25) is 0 Å². The van der Waals surface area contributed by atoms with Crippen molar-refractivity contribution >= 4 is 27.8 Å². The van der Waals surface area contributed by atoms with Crippen molar-refractivity contribution in [3.63, 3.8) is 0 Å². The number of rotatable bonds is 9. The van der Waals surface area contributed by atoms with Gasteiger partial charge in [-0.05, 0) is 0 Å². The van der Waals surface area contributed by atoms with Crippen LogP contribution in [0.2, 0.25) is 0 Å². The van der Waals surface area contributed by atoms with E-state index >= 15 is 0 Å². The summed E-state index contributed by atoms with van der Waals surface area (Å²) in [6, 6.07) is 0. The first-order valence-corrected chi connectivity index (χ1v) is 11.0. The van der Waals surface area contributed by atoms with E-state index in [9.17, 15) is 0 Å². The van der Waals surface area contributed by atoms with Crippen LogP contribution in [0.15, 0.2) is 0 Å². The second-order valence-electron chi connectivity index (χ2n) is 4.68. The molecule has 0 spiro atoms. The molecule has 0 aliphatic heterocycles. The second-order valence-corrected chi connectivity index (χ2v) is 14.8. The van der Waals surface area contributed by atoms with Gasteiger partial charge in [0.1, 0.15) is 0 Å². The minimum atomic E-state index is -2.34. The van der Waals surface area contributed by atoms with Gasteiger partial charge in [0.25, 0.3) is 0 Å². The van der Waals surface area contributed by atoms with Crippen LogP contribution in [-0.4, -0.2) is 18.5 Å². The Balaban J connectivity index is 0. The fourth-order valence-electron chi connectivity index (χ4n) is 1.84. The predicted octanol–water partition coefficient (Wildman–Crippen LogP) is 6.25. The molecule has 1 radical (unpaired) electrons. The van der Waals surface area contributed by atoms with Crippen LogP contribution in [-0.2, 0) is 17.1 Å². The van der Waals surface area contributed by atoms with Gasteiger partial charge in [-0.1, -0.05) is 0 Å². The molecule has 0 aliphatic rings. The summed E-state index contributed by atoms with van der Waals surface area (Å²) in [4.78, 5) is 0. The summed E-state index contributed by atoms with van der Waals surface area (Å²) in [6.45, 7) is 6.64. The van der Waals surface area contributed by atoms with Crippen LogP contribution in [0.4, 0.5) is 0 Å². The van der Waals surface area contributed by atoms with Gasteiger partial charge in [0.2, 0.25) is 0 Å². The minimum absolute atomic E-state index is 0. The third-order valence-electron chi connectivity index (χ3n) is 2.99. The molecule has 16 heavy (non-hydrogen) atoms. The summed E-state index contributed by atoms with van der Waals surface area (Å²) < 4.78 is 0. The van der Waals surface area contributed by atoms with Gasteiger partial charge in [-0.2, -0.15) is 0 Å². The number of unbranched alkanes of at least 4 members (excludes halogenated alkanes) is 3. The van der Waals surface area contributed by atoms with Crippen molar-refractivity contribution in [3.8, 4) is 0 Å². The average molecular weight is 328 g/mol. The van der Waals surface area contributed by atoms with E-state index in [1.807, 2.05) is 0 Å². The molecule has 0 fully saturated rings. The van der Waals surface area contributed by atoms with E-state index in [2.05, 4.69) is 20.8 Å². The summed E-state index contributed by atoms with van der Waals surface area (Å²) in [6.07, 6.45) is 10.4. The molecule has 101 valence electrons. The van der Waals surface area contributed by atoms with Crippen LogP contribution in [0.5, 0.6) is 0 Å². The zero-order valence-corrected chi connectivity index (χ0v) is 14.5. The van der Waals surface area contributed by atoms with Gasteiger partial charge < -0.3 is 0 Å². The maximum Gasteiger partial charge on any atom is 0 e. The summed E-state index contributed by atoms with van der Waals surface area (Å²) >= 11 is 13.7. The van der Waals surface area contributed by atoms with E-state index in [1.165, 1.54) is 38.5 Å². The third-order valence-corrected chi connectivity index (χ3v) is 9.89. The van der Waals surface area contributed by atoms with Crippen molar-refractivity contribution in [2.45, 2.75) is 59.3 Å². The average Bonchev–Trinajstić information content (AvgIpc) is 2.22. The van der Waals surface area contributed by atoms with E-state index < -0.39 is 5.31 Å². The molecule has 0 aromatic rings. The van der Waals surface area contributed by atoms with Crippen molar-refractivity contribution in [2.24, 2.45) is 0 Å². The fraction of sp³-hybridized carbons (Fsp3) is 1.00. The van der Waals surface area contributed by atoms with Gasteiger partial charge in [0.05, 0.1) is 0 Å². The molecule has 0 aliphatic carbocycles. The molecule has 0 aromatic carbocycles. The van der Waals surface area contributed by atoms with Crippen molar-refractivity contribution in [1.29, 1.82) is 0 Å². The first-order chi connectivity index (χ1) is 6.96. The van der Waals surface area contributed by atoms with E-state index in [4.69, 9.17) is 22.5 Å². The van der Waals surface area contributed by atoms with E-state index in [0.717, 1.165) is 18.5 Å². The molecule has 0 N–H and O–H groups in total. The van der Waals surface area contributed by atoms with Gasteiger partial charge in [0, 0.05) is 17.1 Å². The maximum atomic E-state index is 6.83. The van der Waals surface area contributed by atoms with Crippen LogP contribution in [0.25, 0.3) is 0 Å². The Labute approximate surface area is 122 Å². The standard InChI is InChI=1S/C12H27Cl2P.Mn/c1-4-7-10-15(13,14,11-8-5-2)12-9-6-3;/h4-12H2,1-3H3;. The molecule has 4 heteroatoms. The molecule has 0 rings (SSSR count). The molecule has 0 aromatic heterocycles. The van der Waals surface area contributed by atoms with Crippen molar-refractivity contribution in [2.75, 3.05) is 18.5 Å². The van der Waals surface area contributed by atoms with E-state index in [1.54, 1.807) is 0 Å². The summed E-state index contributed by atoms with van der Waals surface area (Å²) in [5.41, 5.74) is 0. The molecule has 0 bridgehead atoms. The Bertz CT molecular complexity index is 146. The monoisotopic (exact) mass is 327 g/mol. The van der Waals surface area contributed by atoms with E-state index in [0.29, 0.717) is 0 Å². The molecular formula is C12H27Cl2MnP. The number of hydrogen-bond donors (Lipinski definition) is 0. The predicted molar refractivity (Wildman–Crippen MR) is 78.0 cm³/mol. The Hall–Kier alpha value is 1.53. The largest absolute Gasteiger partial charge is 0 e. The Kier molecular flexibility index (Phi) is 11.7. The molecule has 0 nitrogen and oxygen atoms in total. The van der Waals surface area contributed by atoms with Crippen LogP contribution in [0.3, 0.4) is 0 Å². The summed E-state index contributed by atoms with van der Waals surface area (Å²) in [5, 5.41) is -2.34. The first-order valence-electron chi connectivity index (χ1n) is 6.41. The maximum absolute atomic E-state index is 6.83. The normalized spacial score (nSPS) is 13.9. The Morgan fingerprint density at radius 3 is 1.12 bits per heavy atom. The van der Waals surface area contributed by atoms with E-state index in [-0.39, 0.29) is 17.1 Å². The second kappa shape index (κ2) is 9.46. The topological polar surface area (TPSA) is 0 Å². The van der Waals surface area contributed by atoms with Gasteiger partial charge in [0.15, 0.2) is 0 Å². The van der Waals surface area contributed by atoms with Gasteiger partial charge in [-0.15, -0.1) is 0 Å². The van der Waals surface area contributed by atoms with Crippen LogP contribution >= 0.6 is 27.8 Å². The van der Waals surface area contributed by atoms with Gasteiger partial charge >= 0.3 is 106 Å².